The van der Waals surface area contributed by atoms with Crippen molar-refractivity contribution in [3.05, 3.63) is 82.9 Å². The van der Waals surface area contributed by atoms with Gasteiger partial charge < -0.3 is 63.6 Å². The van der Waals surface area contributed by atoms with E-state index in [1.54, 1.807) is 69.3 Å². The molecule has 0 aromatic heterocycles. The van der Waals surface area contributed by atoms with Crippen molar-refractivity contribution < 1.29 is 87.1 Å². The third kappa shape index (κ3) is 9.85. The number of nitrogens with one attached hydrogen (secondary N) is 1. The molecule has 70 heavy (non-hydrogen) atoms. The van der Waals surface area contributed by atoms with Gasteiger partial charge in [-0.15, -0.1) is 0 Å². The van der Waals surface area contributed by atoms with E-state index in [1.807, 2.05) is 0 Å². The highest BCUT2D eigenvalue weighted by atomic mass is 16.6. The number of aliphatic hydroxyl groups is 4. The van der Waals surface area contributed by atoms with Crippen molar-refractivity contribution in [3.8, 4) is 0 Å². The van der Waals surface area contributed by atoms with E-state index in [4.69, 9.17) is 37.9 Å². The lowest BCUT2D eigenvalue weighted by atomic mass is 9.44. The fourth-order valence-corrected chi connectivity index (χ4v) is 10.6. The van der Waals surface area contributed by atoms with Gasteiger partial charge in [0.2, 0.25) is 0 Å². The highest BCUT2D eigenvalue weighted by molar-refractivity contribution is 5.96. The molecule has 3 fully saturated rings. The summed E-state index contributed by atoms with van der Waals surface area (Å²) in [5.41, 5.74) is -10.8. The molecule has 4 aliphatic rings. The zero-order valence-corrected chi connectivity index (χ0v) is 41.3. The minimum atomic E-state index is -2.49. The zero-order valence-electron chi connectivity index (χ0n) is 41.3. The number of benzene rings is 2. The van der Waals surface area contributed by atoms with E-state index in [9.17, 15) is 44.4 Å². The highest BCUT2D eigenvalue weighted by Crippen LogP contribution is 2.65. The first-order valence-corrected chi connectivity index (χ1v) is 23.3. The van der Waals surface area contributed by atoms with Gasteiger partial charge in [-0.25, -0.2) is 14.4 Å². The molecule has 6 rings (SSSR count). The molecule has 1 unspecified atom stereocenters. The molecule has 2 aromatic rings. The fraction of sp³-hybridized carbons (Fsp3) is 0.608. The van der Waals surface area contributed by atoms with E-state index in [-0.39, 0.29) is 48.5 Å². The minimum Gasteiger partial charge on any atom is -0.456 e. The van der Waals surface area contributed by atoms with Crippen LogP contribution in [0.1, 0.15) is 97.1 Å². The molecule has 1 heterocycles. The van der Waals surface area contributed by atoms with Gasteiger partial charge in [0.1, 0.15) is 34.9 Å². The first kappa shape index (κ1) is 54.1. The van der Waals surface area contributed by atoms with E-state index >= 15 is 4.79 Å². The Labute approximate surface area is 407 Å². The Morgan fingerprint density at radius 1 is 0.900 bits per heavy atom. The van der Waals surface area contributed by atoms with Gasteiger partial charge in [0, 0.05) is 32.3 Å². The van der Waals surface area contributed by atoms with Gasteiger partial charge in [-0.2, -0.15) is 0 Å². The molecule has 0 radical (unpaired) electrons. The summed E-state index contributed by atoms with van der Waals surface area (Å²) in [6.07, 6.45) is -11.5. The smallest absolute Gasteiger partial charge is 0.408 e. The zero-order chi connectivity index (χ0) is 51.8. The summed E-state index contributed by atoms with van der Waals surface area (Å²) in [6, 6.07) is 14.4. The van der Waals surface area contributed by atoms with Crippen molar-refractivity contribution in [2.75, 3.05) is 40.1 Å². The summed E-state index contributed by atoms with van der Waals surface area (Å²) in [6.45, 7) is 11.1. The number of ether oxygens (including phenoxy) is 8. The van der Waals surface area contributed by atoms with Crippen LogP contribution >= 0.6 is 0 Å². The molecule has 3 aliphatic carbocycles. The molecular weight excluding hydrogens is 915 g/mol. The molecule has 2 saturated carbocycles. The number of carbonyl (C=O) groups is 6. The third-order valence-corrected chi connectivity index (χ3v) is 14.5. The summed E-state index contributed by atoms with van der Waals surface area (Å²) in [5, 5.41) is 49.3. The second kappa shape index (κ2) is 20.4. The molecule has 384 valence electrons. The fourth-order valence-electron chi connectivity index (χ4n) is 10.6. The van der Waals surface area contributed by atoms with Crippen molar-refractivity contribution in [1.82, 2.24) is 5.32 Å². The number of Topliss-reactive ketones (excluding diaryl/α,β-unsaturated/α-hetero) is 1. The number of alkyl carbamates (subject to hydrolysis) is 1. The van der Waals surface area contributed by atoms with Gasteiger partial charge in [0.25, 0.3) is 0 Å². The monoisotopic (exact) mass is 981 g/mol. The molecular formula is C51H67NO18. The molecule has 1 aliphatic heterocycles. The van der Waals surface area contributed by atoms with Crippen LogP contribution in [0.3, 0.4) is 0 Å². The Balaban J connectivity index is 1.62. The van der Waals surface area contributed by atoms with Crippen LogP contribution < -0.4 is 5.32 Å². The second-order valence-corrected chi connectivity index (χ2v) is 20.7. The normalized spacial score (nSPS) is 30.1. The number of fused-ring (bicyclic) bond motifs is 5. The lowest BCUT2D eigenvalue weighted by Crippen LogP contribution is -2.82. The van der Waals surface area contributed by atoms with Gasteiger partial charge in [0.05, 0.1) is 62.1 Å². The van der Waals surface area contributed by atoms with E-state index in [1.165, 1.54) is 53.9 Å². The molecule has 2 aromatic carbocycles. The number of carbonyl (C=O) groups excluding carboxylic acids is 6. The predicted octanol–water partition coefficient (Wildman–Crippen LogP) is 3.47. The van der Waals surface area contributed by atoms with Crippen LogP contribution in [0.25, 0.3) is 0 Å². The molecule has 19 nitrogen and oxygen atoms in total. The molecule has 11 atom stereocenters. The van der Waals surface area contributed by atoms with Gasteiger partial charge in [0.15, 0.2) is 23.6 Å². The Kier molecular flexibility index (Phi) is 15.8. The maximum absolute atomic E-state index is 16.3. The van der Waals surface area contributed by atoms with Crippen LogP contribution in [0.5, 0.6) is 0 Å². The third-order valence-electron chi connectivity index (χ3n) is 14.5. The van der Waals surface area contributed by atoms with E-state index in [0.717, 1.165) is 6.92 Å². The quantitative estimate of drug-likeness (QED) is 0.0697. The SMILES string of the molecule is COCCO[C@H]1C[C@H]2OC[C@@]2(OC(C)=O)C2[C@H](OC(=O)c3ccccc3)[C@]3(O)C[C@H](OC(=O)[C@H](O)[C@@H](NC(=O)OC(C)(C)C)c4ccccc4)C(C)=C([C@@H](OC(=O)C(C)(CO)CO)C(=O)[C@@]21C)C3(C)C. The number of rotatable bonds is 16. The number of methoxy groups -OCH3 is 1. The first-order chi connectivity index (χ1) is 32.8. The largest absolute Gasteiger partial charge is 0.456 e. The average Bonchev–Trinajstić information content (AvgIpc) is 3.30. The van der Waals surface area contributed by atoms with Crippen molar-refractivity contribution in [1.29, 1.82) is 0 Å². The lowest BCUT2D eigenvalue weighted by Gasteiger charge is -2.67. The van der Waals surface area contributed by atoms with Crippen LogP contribution in [-0.2, 0) is 57.1 Å². The number of hydrogen-bond donors (Lipinski definition) is 5. The summed E-state index contributed by atoms with van der Waals surface area (Å²) in [5.74, 6) is -6.75. The van der Waals surface area contributed by atoms with Gasteiger partial charge in [-0.05, 0) is 70.4 Å². The topological polar surface area (TPSA) is 269 Å². The van der Waals surface area contributed by atoms with Gasteiger partial charge in [-0.1, -0.05) is 62.4 Å². The number of esters is 4. The lowest BCUT2D eigenvalue weighted by molar-refractivity contribution is -0.349. The molecule has 5 N–H and O–H groups in total. The van der Waals surface area contributed by atoms with Crippen LogP contribution in [0, 0.1) is 22.2 Å². The maximum atomic E-state index is 16.3. The summed E-state index contributed by atoms with van der Waals surface area (Å²) in [4.78, 5) is 86.3. The number of amides is 1. The van der Waals surface area contributed by atoms with Crippen molar-refractivity contribution in [3.63, 3.8) is 0 Å². The minimum absolute atomic E-state index is 0.0445. The van der Waals surface area contributed by atoms with Gasteiger partial charge >= 0.3 is 30.0 Å². The standard InChI is InChI=1S/C51H67NO18/c1-28-32(66-43(59)37(56)36(30-17-13-11-14-18-30)52-45(61)70-46(3,4)5)24-51(62)41(68-42(58)31-19-15-12-16-20-31)39-49(9,33(64-22-21-63-10)23-34-50(39,27-65-34)69-29(2)55)40(57)38(35(28)47(51,6)7)67-44(60)48(8,25-53)26-54/h11-20,32-34,36-39,41,53-54,56,62H,21-27H2,1-10H3,(H,52,61)/t32-,33-,34+,36-,37+,38+,39?,41-,49+,50-,51+/m0/s1. The van der Waals surface area contributed by atoms with E-state index in [0.29, 0.717) is 0 Å². The summed E-state index contributed by atoms with van der Waals surface area (Å²) >= 11 is 0. The Morgan fingerprint density at radius 2 is 1.51 bits per heavy atom. The predicted molar refractivity (Wildman–Crippen MR) is 245 cm³/mol. The number of ketones is 1. The van der Waals surface area contributed by atoms with E-state index in [2.05, 4.69) is 5.32 Å². The van der Waals surface area contributed by atoms with Crippen molar-refractivity contribution >= 4 is 35.8 Å². The van der Waals surface area contributed by atoms with Crippen molar-refractivity contribution in [2.24, 2.45) is 22.2 Å². The molecule has 1 saturated heterocycles. The maximum Gasteiger partial charge on any atom is 0.408 e. The second-order valence-electron chi connectivity index (χ2n) is 20.7. The molecule has 19 heteroatoms. The Morgan fingerprint density at radius 3 is 2.06 bits per heavy atom. The summed E-state index contributed by atoms with van der Waals surface area (Å²) < 4.78 is 48.4. The van der Waals surface area contributed by atoms with Crippen LogP contribution in [0.2, 0.25) is 0 Å². The van der Waals surface area contributed by atoms with Crippen molar-refractivity contribution in [2.45, 2.75) is 135 Å². The van der Waals surface area contributed by atoms with Gasteiger partial charge in [-0.3, -0.25) is 14.4 Å². The number of aliphatic hydroxyl groups excluding tert-OH is 3. The molecule has 0 spiro atoms. The Hall–Kier alpha value is -5.28. The van der Waals surface area contributed by atoms with Crippen LogP contribution in [0.4, 0.5) is 4.79 Å². The molecule has 2 bridgehead atoms. The first-order valence-electron chi connectivity index (χ1n) is 23.3. The van der Waals surface area contributed by atoms with Crippen LogP contribution in [0.15, 0.2) is 71.8 Å². The van der Waals surface area contributed by atoms with Crippen LogP contribution in [-0.4, -0.2) is 150 Å². The summed E-state index contributed by atoms with van der Waals surface area (Å²) in [7, 11) is 1.44. The Bertz CT molecular complexity index is 2310. The number of hydrogen-bond acceptors (Lipinski definition) is 18. The van der Waals surface area contributed by atoms with E-state index < -0.39 is 137 Å². The highest BCUT2D eigenvalue weighted by Gasteiger charge is 2.79. The average molecular weight is 982 g/mol. The molecule has 1 amide bonds.